The van der Waals surface area contributed by atoms with Gasteiger partial charge in [0.15, 0.2) is 0 Å². The van der Waals surface area contributed by atoms with Crippen LogP contribution in [0.1, 0.15) is 64.2 Å². The topological polar surface area (TPSA) is 49.3 Å². The van der Waals surface area contributed by atoms with E-state index in [2.05, 4.69) is 5.32 Å². The van der Waals surface area contributed by atoms with Crippen LogP contribution in [0, 0.1) is 11.3 Å². The molecule has 0 aliphatic heterocycles. The van der Waals surface area contributed by atoms with Gasteiger partial charge in [-0.25, -0.2) is 0 Å². The first kappa shape index (κ1) is 13.9. The van der Waals surface area contributed by atoms with Crippen molar-refractivity contribution >= 4 is 5.91 Å². The van der Waals surface area contributed by atoms with Crippen molar-refractivity contribution < 1.29 is 9.90 Å². The van der Waals surface area contributed by atoms with Crippen LogP contribution in [0.25, 0.3) is 0 Å². The smallest absolute Gasteiger partial charge is 0.223 e. The summed E-state index contributed by atoms with van der Waals surface area (Å²) in [6.07, 6.45) is 11.6. The van der Waals surface area contributed by atoms with Crippen molar-refractivity contribution in [3.8, 4) is 0 Å². The Morgan fingerprint density at radius 1 is 1.11 bits per heavy atom. The van der Waals surface area contributed by atoms with Gasteiger partial charge in [-0.3, -0.25) is 4.79 Å². The van der Waals surface area contributed by atoms with Gasteiger partial charge in [-0.15, -0.1) is 0 Å². The largest absolute Gasteiger partial charge is 0.396 e. The van der Waals surface area contributed by atoms with E-state index in [9.17, 15) is 4.79 Å². The van der Waals surface area contributed by atoms with Gasteiger partial charge < -0.3 is 10.4 Å². The van der Waals surface area contributed by atoms with Crippen LogP contribution < -0.4 is 5.32 Å². The van der Waals surface area contributed by atoms with Gasteiger partial charge in [-0.05, 0) is 37.5 Å². The molecule has 2 fully saturated rings. The Hall–Kier alpha value is -0.570. The molecule has 0 unspecified atom stereocenters. The van der Waals surface area contributed by atoms with Crippen molar-refractivity contribution in [2.45, 2.75) is 64.2 Å². The molecule has 2 rings (SSSR count). The molecule has 2 aliphatic rings. The first-order valence-corrected chi connectivity index (χ1v) is 7.64. The Labute approximate surface area is 110 Å². The van der Waals surface area contributed by atoms with Crippen LogP contribution in [0.2, 0.25) is 0 Å². The van der Waals surface area contributed by atoms with Gasteiger partial charge in [0.2, 0.25) is 5.91 Å². The van der Waals surface area contributed by atoms with Gasteiger partial charge in [0, 0.05) is 19.1 Å². The summed E-state index contributed by atoms with van der Waals surface area (Å²) in [7, 11) is 0. The minimum Gasteiger partial charge on any atom is -0.396 e. The van der Waals surface area contributed by atoms with Crippen molar-refractivity contribution in [1.29, 1.82) is 0 Å². The number of rotatable bonds is 5. The molecular formula is C15H27NO2. The van der Waals surface area contributed by atoms with Crippen LogP contribution in [0.15, 0.2) is 0 Å². The summed E-state index contributed by atoms with van der Waals surface area (Å²) in [5, 5.41) is 12.1. The third-order valence-corrected chi connectivity index (χ3v) is 4.71. The summed E-state index contributed by atoms with van der Waals surface area (Å²) >= 11 is 0. The van der Waals surface area contributed by atoms with E-state index in [4.69, 9.17) is 5.11 Å². The Bertz CT molecular complexity index is 266. The van der Waals surface area contributed by atoms with Gasteiger partial charge >= 0.3 is 0 Å². The Kier molecular flexibility index (Phi) is 5.04. The van der Waals surface area contributed by atoms with Crippen molar-refractivity contribution in [2.75, 3.05) is 13.2 Å². The number of aliphatic hydroxyl groups is 1. The van der Waals surface area contributed by atoms with E-state index in [0.29, 0.717) is 0 Å². The fourth-order valence-electron chi connectivity index (χ4n) is 3.07. The molecule has 18 heavy (non-hydrogen) atoms. The van der Waals surface area contributed by atoms with Crippen LogP contribution >= 0.6 is 0 Å². The second-order valence-electron chi connectivity index (χ2n) is 6.23. The van der Waals surface area contributed by atoms with Gasteiger partial charge in [-0.1, -0.05) is 32.1 Å². The van der Waals surface area contributed by atoms with E-state index < -0.39 is 0 Å². The predicted octanol–water partition coefficient (Wildman–Crippen LogP) is 2.63. The summed E-state index contributed by atoms with van der Waals surface area (Å²) in [5.74, 6) is 0.511. The molecule has 0 heterocycles. The van der Waals surface area contributed by atoms with Gasteiger partial charge in [0.05, 0.1) is 0 Å². The fraction of sp³-hybridized carbons (Fsp3) is 0.933. The number of hydrogen-bond acceptors (Lipinski definition) is 2. The Morgan fingerprint density at radius 2 is 1.72 bits per heavy atom. The number of aliphatic hydroxyl groups excluding tert-OH is 1. The molecule has 2 saturated carbocycles. The summed E-state index contributed by atoms with van der Waals surface area (Å²) in [4.78, 5) is 12.2. The third kappa shape index (κ3) is 3.98. The average Bonchev–Trinajstić information content (AvgIpc) is 3.07. The Balaban J connectivity index is 1.72. The maximum Gasteiger partial charge on any atom is 0.223 e. The summed E-state index contributed by atoms with van der Waals surface area (Å²) < 4.78 is 0. The summed E-state index contributed by atoms with van der Waals surface area (Å²) in [5.41, 5.74) is 0.242. The lowest BCUT2D eigenvalue weighted by molar-refractivity contribution is -0.125. The number of hydrogen-bond donors (Lipinski definition) is 2. The quantitative estimate of drug-likeness (QED) is 0.791. The van der Waals surface area contributed by atoms with Crippen molar-refractivity contribution in [2.24, 2.45) is 11.3 Å². The lowest BCUT2D eigenvalue weighted by Gasteiger charge is -2.21. The van der Waals surface area contributed by atoms with Crippen molar-refractivity contribution in [1.82, 2.24) is 5.32 Å². The number of carbonyl (C=O) groups excluding carboxylic acids is 1. The van der Waals surface area contributed by atoms with E-state index in [-0.39, 0.29) is 23.8 Å². The van der Waals surface area contributed by atoms with E-state index in [0.717, 1.165) is 25.8 Å². The number of amides is 1. The fourth-order valence-corrected chi connectivity index (χ4v) is 3.07. The molecule has 0 spiro atoms. The molecule has 1 amide bonds. The molecular weight excluding hydrogens is 226 g/mol. The minimum atomic E-state index is 0.242. The molecule has 0 radical (unpaired) electrons. The highest BCUT2D eigenvalue weighted by molar-refractivity contribution is 5.78. The lowest BCUT2D eigenvalue weighted by atomic mass is 9.90. The van der Waals surface area contributed by atoms with E-state index in [1.807, 2.05) is 0 Å². The lowest BCUT2D eigenvalue weighted by Crippen LogP contribution is -2.35. The highest BCUT2D eigenvalue weighted by Crippen LogP contribution is 2.47. The molecule has 0 aromatic heterocycles. The molecule has 0 aromatic rings. The molecule has 3 heteroatoms. The number of carbonyl (C=O) groups is 1. The summed E-state index contributed by atoms with van der Waals surface area (Å²) in [6.45, 7) is 1.03. The van der Waals surface area contributed by atoms with Gasteiger partial charge in [0.1, 0.15) is 0 Å². The SMILES string of the molecule is O=C(NCC1(CCO)CC1)C1CCCCCCC1. The second kappa shape index (κ2) is 6.55. The van der Waals surface area contributed by atoms with Crippen LogP contribution in [-0.2, 0) is 4.79 Å². The molecule has 2 aliphatic carbocycles. The molecule has 0 saturated heterocycles. The molecule has 2 N–H and O–H groups in total. The van der Waals surface area contributed by atoms with Crippen molar-refractivity contribution in [3.05, 3.63) is 0 Å². The average molecular weight is 253 g/mol. The van der Waals surface area contributed by atoms with E-state index in [1.54, 1.807) is 0 Å². The monoisotopic (exact) mass is 253 g/mol. The molecule has 0 atom stereocenters. The summed E-state index contributed by atoms with van der Waals surface area (Å²) in [6, 6.07) is 0. The van der Waals surface area contributed by atoms with E-state index in [1.165, 1.54) is 44.9 Å². The van der Waals surface area contributed by atoms with Crippen LogP contribution in [0.5, 0.6) is 0 Å². The van der Waals surface area contributed by atoms with Gasteiger partial charge in [0.25, 0.3) is 0 Å². The zero-order valence-electron chi connectivity index (χ0n) is 11.4. The molecule has 0 bridgehead atoms. The van der Waals surface area contributed by atoms with Gasteiger partial charge in [-0.2, -0.15) is 0 Å². The molecule has 0 aromatic carbocycles. The zero-order chi connectivity index (χ0) is 12.8. The molecule has 3 nitrogen and oxygen atoms in total. The highest BCUT2D eigenvalue weighted by atomic mass is 16.3. The van der Waals surface area contributed by atoms with Crippen LogP contribution in [-0.4, -0.2) is 24.2 Å². The first-order chi connectivity index (χ1) is 8.76. The van der Waals surface area contributed by atoms with E-state index >= 15 is 0 Å². The highest BCUT2D eigenvalue weighted by Gasteiger charge is 2.42. The van der Waals surface area contributed by atoms with Crippen LogP contribution in [0.3, 0.4) is 0 Å². The maximum absolute atomic E-state index is 12.2. The van der Waals surface area contributed by atoms with Crippen molar-refractivity contribution in [3.63, 3.8) is 0 Å². The second-order valence-corrected chi connectivity index (χ2v) is 6.23. The third-order valence-electron chi connectivity index (χ3n) is 4.71. The van der Waals surface area contributed by atoms with Crippen LogP contribution in [0.4, 0.5) is 0 Å². The Morgan fingerprint density at radius 3 is 2.28 bits per heavy atom. The predicted molar refractivity (Wildman–Crippen MR) is 72.2 cm³/mol. The maximum atomic E-state index is 12.2. The zero-order valence-corrected chi connectivity index (χ0v) is 11.4. The molecule has 104 valence electrons. The standard InChI is InChI=1S/C15H27NO2/c17-11-10-15(8-9-15)12-16-14(18)13-6-4-2-1-3-5-7-13/h13,17H,1-12H2,(H,16,18). The first-order valence-electron chi connectivity index (χ1n) is 7.64. The number of nitrogens with one attached hydrogen (secondary N) is 1. The minimum absolute atomic E-state index is 0.242. The normalized spacial score (nSPS) is 24.1.